The van der Waals surface area contributed by atoms with E-state index in [1.807, 2.05) is 60.7 Å². The lowest BCUT2D eigenvalue weighted by atomic mass is 9.99. The van der Waals surface area contributed by atoms with Crippen molar-refractivity contribution >= 4 is 22.7 Å². The lowest BCUT2D eigenvalue weighted by Gasteiger charge is -2.21. The van der Waals surface area contributed by atoms with Crippen molar-refractivity contribution in [2.45, 2.75) is 19.4 Å². The quantitative estimate of drug-likeness (QED) is 0.411. The first-order valence-corrected chi connectivity index (χ1v) is 10.6. The Morgan fingerprint density at radius 3 is 2.56 bits per heavy atom. The summed E-state index contributed by atoms with van der Waals surface area (Å²) >= 11 is 0. The first-order chi connectivity index (χ1) is 15.6. The predicted octanol–water partition coefficient (Wildman–Crippen LogP) is 5.39. The SMILES string of the molecule is CO/N=C1/CC(c2nc3ccccc3o2)N(C(=O)c2ccc(-c3ccccc3C)cc2)C1. The van der Waals surface area contributed by atoms with Crippen LogP contribution in [0.2, 0.25) is 0 Å². The molecule has 6 heteroatoms. The van der Waals surface area contributed by atoms with Gasteiger partial charge in [-0.05, 0) is 47.9 Å². The molecule has 1 aliphatic heterocycles. The number of para-hydroxylation sites is 2. The third-order valence-corrected chi connectivity index (χ3v) is 5.82. The molecule has 0 N–H and O–H groups in total. The number of benzene rings is 3. The Morgan fingerprint density at radius 2 is 1.81 bits per heavy atom. The van der Waals surface area contributed by atoms with Gasteiger partial charge in [0, 0.05) is 12.0 Å². The van der Waals surface area contributed by atoms with Crippen molar-refractivity contribution in [3.8, 4) is 11.1 Å². The molecule has 3 aromatic carbocycles. The van der Waals surface area contributed by atoms with Gasteiger partial charge in [-0.1, -0.05) is 53.7 Å². The number of carbonyl (C=O) groups excluding carboxylic acids is 1. The fourth-order valence-electron chi connectivity index (χ4n) is 4.22. The second-order valence-corrected chi connectivity index (χ2v) is 7.91. The maximum absolute atomic E-state index is 13.5. The molecule has 1 atom stereocenters. The standard InChI is InChI=1S/C26H23N3O3/c1-17-7-3-4-8-21(17)18-11-13-19(14-12-18)26(30)29-16-20(28-31-2)15-23(29)25-27-22-9-5-6-10-24(22)32-25/h3-14,23H,15-16H2,1-2H3/b28-20-. The highest BCUT2D eigenvalue weighted by Crippen LogP contribution is 2.34. The van der Waals surface area contributed by atoms with Gasteiger partial charge in [-0.3, -0.25) is 4.79 Å². The van der Waals surface area contributed by atoms with Crippen molar-refractivity contribution in [2.75, 3.05) is 13.7 Å². The summed E-state index contributed by atoms with van der Waals surface area (Å²) in [4.78, 5) is 24.8. The average molecular weight is 425 g/mol. The number of rotatable bonds is 4. The third-order valence-electron chi connectivity index (χ3n) is 5.82. The highest BCUT2D eigenvalue weighted by Gasteiger charge is 2.38. The van der Waals surface area contributed by atoms with Gasteiger partial charge in [-0.2, -0.15) is 0 Å². The molecule has 6 nitrogen and oxygen atoms in total. The number of carbonyl (C=O) groups is 1. The Morgan fingerprint density at radius 1 is 1.06 bits per heavy atom. The summed E-state index contributed by atoms with van der Waals surface area (Å²) < 4.78 is 5.98. The van der Waals surface area contributed by atoms with E-state index in [0.717, 1.165) is 22.4 Å². The number of aryl methyl sites for hydroxylation is 1. The minimum absolute atomic E-state index is 0.0881. The lowest BCUT2D eigenvalue weighted by molar-refractivity contribution is 0.0720. The van der Waals surface area contributed by atoms with Gasteiger partial charge in [-0.25, -0.2) is 4.98 Å². The zero-order valence-electron chi connectivity index (χ0n) is 18.0. The fourth-order valence-corrected chi connectivity index (χ4v) is 4.22. The van der Waals surface area contributed by atoms with Crippen LogP contribution in [0.3, 0.4) is 0 Å². The van der Waals surface area contributed by atoms with Gasteiger partial charge in [-0.15, -0.1) is 0 Å². The molecule has 2 heterocycles. The molecule has 1 unspecified atom stereocenters. The minimum atomic E-state index is -0.333. The number of hydrogen-bond donors (Lipinski definition) is 0. The van der Waals surface area contributed by atoms with Gasteiger partial charge in [0.05, 0.1) is 12.3 Å². The Kier molecular flexibility index (Phi) is 5.19. The van der Waals surface area contributed by atoms with E-state index in [1.54, 1.807) is 4.90 Å². The zero-order chi connectivity index (χ0) is 22.1. The molecule has 0 saturated carbocycles. The Balaban J connectivity index is 1.46. The molecular weight excluding hydrogens is 402 g/mol. The van der Waals surface area contributed by atoms with Crippen molar-refractivity contribution in [1.82, 2.24) is 9.88 Å². The molecular formula is C26H23N3O3. The summed E-state index contributed by atoms with van der Waals surface area (Å²) in [5, 5.41) is 4.10. The first-order valence-electron chi connectivity index (χ1n) is 10.6. The van der Waals surface area contributed by atoms with Crippen LogP contribution in [-0.4, -0.2) is 35.2 Å². The monoisotopic (exact) mass is 425 g/mol. The van der Waals surface area contributed by atoms with Gasteiger partial charge in [0.1, 0.15) is 18.7 Å². The van der Waals surface area contributed by atoms with Gasteiger partial charge < -0.3 is 14.2 Å². The number of aromatic nitrogens is 1. The second-order valence-electron chi connectivity index (χ2n) is 7.91. The van der Waals surface area contributed by atoms with E-state index < -0.39 is 0 Å². The summed E-state index contributed by atoms with van der Waals surface area (Å²) in [5.74, 6) is 0.423. The Hall–Kier alpha value is -3.93. The van der Waals surface area contributed by atoms with Crippen LogP contribution in [0.5, 0.6) is 0 Å². The van der Waals surface area contributed by atoms with E-state index in [4.69, 9.17) is 9.25 Å². The third kappa shape index (κ3) is 3.64. The summed E-state index contributed by atoms with van der Waals surface area (Å²) in [6.45, 7) is 2.45. The van der Waals surface area contributed by atoms with Crippen LogP contribution in [0.15, 0.2) is 82.4 Å². The van der Waals surface area contributed by atoms with Crippen molar-refractivity contribution < 1.29 is 14.0 Å². The molecule has 32 heavy (non-hydrogen) atoms. The fraction of sp³-hybridized carbons (Fsp3) is 0.192. The second kappa shape index (κ2) is 8.30. The van der Waals surface area contributed by atoms with Gasteiger partial charge in [0.2, 0.25) is 5.89 Å². The van der Waals surface area contributed by atoms with Crippen LogP contribution in [0.4, 0.5) is 0 Å². The number of oxime groups is 1. The highest BCUT2D eigenvalue weighted by molar-refractivity contribution is 6.00. The molecule has 1 aromatic heterocycles. The van der Waals surface area contributed by atoms with Gasteiger partial charge in [0.25, 0.3) is 5.91 Å². The summed E-state index contributed by atoms with van der Waals surface area (Å²) in [6.07, 6.45) is 0.522. The molecule has 0 radical (unpaired) electrons. The maximum atomic E-state index is 13.5. The van der Waals surface area contributed by atoms with Crippen molar-refractivity contribution in [3.05, 3.63) is 89.8 Å². The van der Waals surface area contributed by atoms with E-state index >= 15 is 0 Å². The number of hydrogen-bond acceptors (Lipinski definition) is 5. The summed E-state index contributed by atoms with van der Waals surface area (Å²) in [5.41, 5.74) is 6.31. The van der Waals surface area contributed by atoms with Crippen LogP contribution in [-0.2, 0) is 4.84 Å². The van der Waals surface area contributed by atoms with E-state index in [2.05, 4.69) is 29.2 Å². The van der Waals surface area contributed by atoms with Crippen LogP contribution >= 0.6 is 0 Å². The normalized spacial score (nSPS) is 17.2. The van der Waals surface area contributed by atoms with Crippen LogP contribution in [0.25, 0.3) is 22.2 Å². The Bertz CT molecular complexity index is 1270. The van der Waals surface area contributed by atoms with Crippen molar-refractivity contribution in [1.29, 1.82) is 0 Å². The van der Waals surface area contributed by atoms with Gasteiger partial charge in [0.15, 0.2) is 5.58 Å². The summed E-state index contributed by atoms with van der Waals surface area (Å²) in [6, 6.07) is 23.2. The van der Waals surface area contributed by atoms with Crippen molar-refractivity contribution in [3.63, 3.8) is 0 Å². The highest BCUT2D eigenvalue weighted by atomic mass is 16.6. The molecule has 0 bridgehead atoms. The smallest absolute Gasteiger partial charge is 0.254 e. The van der Waals surface area contributed by atoms with E-state index in [-0.39, 0.29) is 11.9 Å². The van der Waals surface area contributed by atoms with Crippen LogP contribution in [0, 0.1) is 6.92 Å². The molecule has 1 amide bonds. The molecule has 1 fully saturated rings. The number of amides is 1. The minimum Gasteiger partial charge on any atom is -0.438 e. The number of oxazole rings is 1. The number of likely N-dealkylation sites (tertiary alicyclic amines) is 1. The number of nitrogens with zero attached hydrogens (tertiary/aromatic N) is 3. The predicted molar refractivity (Wildman–Crippen MR) is 123 cm³/mol. The lowest BCUT2D eigenvalue weighted by Crippen LogP contribution is -2.31. The molecule has 1 aliphatic rings. The topological polar surface area (TPSA) is 67.9 Å². The molecule has 1 saturated heterocycles. The molecule has 160 valence electrons. The molecule has 0 spiro atoms. The van der Waals surface area contributed by atoms with Crippen molar-refractivity contribution in [2.24, 2.45) is 5.16 Å². The van der Waals surface area contributed by atoms with E-state index in [9.17, 15) is 4.79 Å². The maximum Gasteiger partial charge on any atom is 0.254 e. The summed E-state index contributed by atoms with van der Waals surface area (Å²) in [7, 11) is 1.51. The molecule has 4 aromatic rings. The van der Waals surface area contributed by atoms with Crippen LogP contribution in [0.1, 0.15) is 34.3 Å². The zero-order valence-corrected chi connectivity index (χ0v) is 18.0. The molecule has 5 rings (SSSR count). The Labute approximate surface area is 186 Å². The van der Waals surface area contributed by atoms with E-state index in [1.165, 1.54) is 12.7 Å². The number of fused-ring (bicyclic) bond motifs is 1. The molecule has 0 aliphatic carbocycles. The first kappa shape index (κ1) is 20.0. The average Bonchev–Trinajstić information content (AvgIpc) is 3.43. The van der Waals surface area contributed by atoms with Crippen LogP contribution < -0.4 is 0 Å². The largest absolute Gasteiger partial charge is 0.438 e. The van der Waals surface area contributed by atoms with E-state index in [0.29, 0.717) is 30.0 Å². The van der Waals surface area contributed by atoms with Gasteiger partial charge >= 0.3 is 0 Å².